The molecule has 3 atom stereocenters. The van der Waals surface area contributed by atoms with Crippen molar-refractivity contribution in [2.75, 3.05) is 11.9 Å². The van der Waals surface area contributed by atoms with Crippen LogP contribution in [0.1, 0.15) is 19.3 Å². The van der Waals surface area contributed by atoms with Gasteiger partial charge in [0.1, 0.15) is 6.10 Å². The van der Waals surface area contributed by atoms with Gasteiger partial charge in [0.15, 0.2) is 0 Å². The minimum absolute atomic E-state index is 0.00645. The molecule has 6 nitrogen and oxygen atoms in total. The van der Waals surface area contributed by atoms with Crippen molar-refractivity contribution in [3.05, 3.63) is 42.5 Å². The summed E-state index contributed by atoms with van der Waals surface area (Å²) in [6.45, 7) is -0.212. The molecule has 1 aromatic rings. The summed E-state index contributed by atoms with van der Waals surface area (Å²) in [5, 5.41) is 15.2. The van der Waals surface area contributed by atoms with Gasteiger partial charge < -0.3 is 20.5 Å². The minimum atomic E-state index is -0.535. The molecule has 0 saturated heterocycles. The van der Waals surface area contributed by atoms with E-state index < -0.39 is 12.2 Å². The fraction of sp³-hybridized carbons (Fsp3) is 0.444. The first-order valence-electron chi connectivity index (χ1n) is 8.25. The van der Waals surface area contributed by atoms with Crippen molar-refractivity contribution >= 4 is 17.5 Å². The van der Waals surface area contributed by atoms with Gasteiger partial charge in [-0.15, -0.1) is 0 Å². The number of benzene rings is 1. The highest BCUT2D eigenvalue weighted by atomic mass is 16.5. The molecule has 1 aliphatic carbocycles. The Balaban J connectivity index is 1.53. The summed E-state index contributed by atoms with van der Waals surface area (Å²) >= 11 is 0. The van der Waals surface area contributed by atoms with Crippen molar-refractivity contribution in [2.45, 2.75) is 37.5 Å². The quantitative estimate of drug-likeness (QED) is 0.685. The third-order valence-corrected chi connectivity index (χ3v) is 4.16. The second kappa shape index (κ2) is 7.59. The van der Waals surface area contributed by atoms with Crippen LogP contribution in [-0.4, -0.2) is 41.8 Å². The lowest BCUT2D eigenvalue weighted by molar-refractivity contribution is -0.126. The molecular formula is C18H22N2O4. The molecule has 1 saturated carbocycles. The number of aliphatic hydroxyl groups is 1. The second-order valence-electron chi connectivity index (χ2n) is 6.21. The lowest BCUT2D eigenvalue weighted by Gasteiger charge is -2.31. The van der Waals surface area contributed by atoms with Crippen LogP contribution in [0.15, 0.2) is 42.5 Å². The number of carbonyl (C=O) groups excluding carboxylic acids is 2. The molecule has 0 unspecified atom stereocenters. The normalized spacial score (nSPS) is 26.0. The summed E-state index contributed by atoms with van der Waals surface area (Å²) in [7, 11) is 0. The molecule has 1 aliphatic heterocycles. The fourth-order valence-electron chi connectivity index (χ4n) is 2.68. The number of ether oxygens (including phenoxy) is 1. The van der Waals surface area contributed by atoms with Gasteiger partial charge in [0.25, 0.3) is 0 Å². The number of rotatable bonds is 6. The van der Waals surface area contributed by atoms with Gasteiger partial charge in [0, 0.05) is 11.6 Å². The molecular weight excluding hydrogens is 308 g/mol. The van der Waals surface area contributed by atoms with Crippen molar-refractivity contribution in [2.24, 2.45) is 5.92 Å². The molecule has 3 rings (SSSR count). The average Bonchev–Trinajstić information content (AvgIpc) is 3.42. The highest BCUT2D eigenvalue weighted by Crippen LogP contribution is 2.29. The standard InChI is InChI=1S/C18H22N2O4/c21-11-16-15(20-18(23)12-6-7-12)9-8-14(24-16)10-17(22)19-13-4-2-1-3-5-13/h1-5,8-9,12,14-16,21H,6-7,10-11H2,(H,19,22)(H,20,23)/t14-,15-,16-/m0/s1. The molecule has 1 aromatic carbocycles. The van der Waals surface area contributed by atoms with Crippen LogP contribution in [0, 0.1) is 5.92 Å². The van der Waals surface area contributed by atoms with Crippen molar-refractivity contribution < 1.29 is 19.4 Å². The van der Waals surface area contributed by atoms with E-state index in [0.29, 0.717) is 0 Å². The number of hydrogen-bond acceptors (Lipinski definition) is 4. The van der Waals surface area contributed by atoms with Gasteiger partial charge in [0.2, 0.25) is 11.8 Å². The maximum Gasteiger partial charge on any atom is 0.227 e. The van der Waals surface area contributed by atoms with Crippen LogP contribution >= 0.6 is 0 Å². The van der Waals surface area contributed by atoms with Gasteiger partial charge in [-0.05, 0) is 25.0 Å². The van der Waals surface area contributed by atoms with E-state index in [9.17, 15) is 14.7 Å². The third kappa shape index (κ3) is 4.43. The summed E-state index contributed by atoms with van der Waals surface area (Å²) in [5.74, 6) is -0.0490. The molecule has 2 aliphatic rings. The zero-order chi connectivity index (χ0) is 16.9. The van der Waals surface area contributed by atoms with Crippen LogP contribution in [0.25, 0.3) is 0 Å². The molecule has 0 radical (unpaired) electrons. The van der Waals surface area contributed by atoms with E-state index in [4.69, 9.17) is 4.74 Å². The minimum Gasteiger partial charge on any atom is -0.394 e. The molecule has 0 aromatic heterocycles. The molecule has 24 heavy (non-hydrogen) atoms. The van der Waals surface area contributed by atoms with Crippen LogP contribution < -0.4 is 10.6 Å². The summed E-state index contributed by atoms with van der Waals surface area (Å²) in [6.07, 6.45) is 4.64. The Morgan fingerprint density at radius 2 is 1.92 bits per heavy atom. The Kier molecular flexibility index (Phi) is 5.27. The molecule has 3 N–H and O–H groups in total. The number of aliphatic hydroxyl groups excluding tert-OH is 1. The van der Waals surface area contributed by atoms with Crippen molar-refractivity contribution in [1.29, 1.82) is 0 Å². The van der Waals surface area contributed by atoms with E-state index in [1.807, 2.05) is 36.4 Å². The zero-order valence-electron chi connectivity index (χ0n) is 13.4. The lowest BCUT2D eigenvalue weighted by Crippen LogP contribution is -2.49. The van der Waals surface area contributed by atoms with Crippen molar-refractivity contribution in [3.63, 3.8) is 0 Å². The topological polar surface area (TPSA) is 87.7 Å². The number of amides is 2. The van der Waals surface area contributed by atoms with E-state index in [1.54, 1.807) is 6.08 Å². The van der Waals surface area contributed by atoms with E-state index in [1.165, 1.54) is 0 Å². The average molecular weight is 330 g/mol. The molecule has 2 amide bonds. The Bertz CT molecular complexity index is 613. The van der Waals surface area contributed by atoms with Gasteiger partial charge in [0.05, 0.1) is 25.2 Å². The highest BCUT2D eigenvalue weighted by Gasteiger charge is 2.34. The smallest absolute Gasteiger partial charge is 0.227 e. The number of carbonyl (C=O) groups is 2. The molecule has 1 fully saturated rings. The monoisotopic (exact) mass is 330 g/mol. The Morgan fingerprint density at radius 3 is 2.58 bits per heavy atom. The Hall–Kier alpha value is -2.18. The van der Waals surface area contributed by atoms with E-state index in [-0.39, 0.29) is 36.8 Å². The summed E-state index contributed by atoms with van der Waals surface area (Å²) in [6, 6.07) is 8.86. The van der Waals surface area contributed by atoms with Gasteiger partial charge in [-0.25, -0.2) is 0 Å². The van der Waals surface area contributed by atoms with E-state index in [2.05, 4.69) is 10.6 Å². The van der Waals surface area contributed by atoms with Crippen LogP contribution in [0.4, 0.5) is 5.69 Å². The number of hydrogen-bond donors (Lipinski definition) is 3. The van der Waals surface area contributed by atoms with Crippen LogP contribution in [-0.2, 0) is 14.3 Å². The molecule has 0 spiro atoms. The maximum atomic E-state index is 12.1. The SMILES string of the molecule is O=C(C[C@@H]1C=C[C@H](NC(=O)C2CC2)[C@H](CO)O1)Nc1ccccc1. The van der Waals surface area contributed by atoms with Crippen LogP contribution in [0.2, 0.25) is 0 Å². The fourth-order valence-corrected chi connectivity index (χ4v) is 2.68. The maximum absolute atomic E-state index is 12.1. The zero-order valence-corrected chi connectivity index (χ0v) is 13.4. The van der Waals surface area contributed by atoms with E-state index in [0.717, 1.165) is 18.5 Å². The van der Waals surface area contributed by atoms with Crippen LogP contribution in [0.3, 0.4) is 0 Å². The van der Waals surface area contributed by atoms with Gasteiger partial charge in [-0.2, -0.15) is 0 Å². The van der Waals surface area contributed by atoms with E-state index >= 15 is 0 Å². The number of anilines is 1. The molecule has 0 bridgehead atoms. The Labute approximate surface area is 140 Å². The Morgan fingerprint density at radius 1 is 1.17 bits per heavy atom. The first kappa shape index (κ1) is 16.7. The first-order valence-corrected chi connectivity index (χ1v) is 8.25. The molecule has 6 heteroatoms. The van der Waals surface area contributed by atoms with Gasteiger partial charge in [-0.3, -0.25) is 9.59 Å². The summed E-state index contributed by atoms with van der Waals surface area (Å²) in [5.41, 5.74) is 0.732. The largest absolute Gasteiger partial charge is 0.394 e. The second-order valence-corrected chi connectivity index (χ2v) is 6.21. The number of para-hydroxylation sites is 1. The van der Waals surface area contributed by atoms with Gasteiger partial charge in [-0.1, -0.05) is 30.4 Å². The van der Waals surface area contributed by atoms with Crippen LogP contribution in [0.5, 0.6) is 0 Å². The predicted octanol–water partition coefficient (Wildman–Crippen LogP) is 1.23. The first-order chi connectivity index (χ1) is 11.7. The summed E-state index contributed by atoms with van der Waals surface area (Å²) in [4.78, 5) is 23.9. The molecule has 1 heterocycles. The highest BCUT2D eigenvalue weighted by molar-refractivity contribution is 5.91. The van der Waals surface area contributed by atoms with Crippen molar-refractivity contribution in [1.82, 2.24) is 5.32 Å². The third-order valence-electron chi connectivity index (χ3n) is 4.16. The van der Waals surface area contributed by atoms with Crippen molar-refractivity contribution in [3.8, 4) is 0 Å². The molecule has 128 valence electrons. The number of nitrogens with one attached hydrogen (secondary N) is 2. The van der Waals surface area contributed by atoms with Gasteiger partial charge >= 0.3 is 0 Å². The predicted molar refractivity (Wildman–Crippen MR) is 89.2 cm³/mol. The summed E-state index contributed by atoms with van der Waals surface area (Å²) < 4.78 is 5.75. The lowest BCUT2D eigenvalue weighted by atomic mass is 10.0.